The normalized spacial score (nSPS) is 16.0. The highest BCUT2D eigenvalue weighted by Crippen LogP contribution is 2.23. The van der Waals surface area contributed by atoms with Gasteiger partial charge in [-0.2, -0.15) is 0 Å². The largest absolute Gasteiger partial charge is 0.452 e. The van der Waals surface area contributed by atoms with Gasteiger partial charge in [-0.1, -0.05) is 23.7 Å². The molecule has 0 spiro atoms. The number of amides is 1. The molecule has 0 radical (unpaired) electrons. The van der Waals surface area contributed by atoms with Gasteiger partial charge >= 0.3 is 5.97 Å². The average molecular weight is 399 g/mol. The van der Waals surface area contributed by atoms with Gasteiger partial charge in [-0.3, -0.25) is 4.79 Å². The summed E-state index contributed by atoms with van der Waals surface area (Å²) >= 11 is 6.06. The monoisotopic (exact) mass is 398 g/mol. The van der Waals surface area contributed by atoms with Crippen molar-refractivity contribution in [1.82, 2.24) is 4.90 Å². The lowest BCUT2D eigenvalue weighted by atomic mass is 10.1. The summed E-state index contributed by atoms with van der Waals surface area (Å²) in [5, 5.41) is 0.703. The third kappa shape index (κ3) is 4.14. The van der Waals surface area contributed by atoms with Crippen LogP contribution in [0.2, 0.25) is 5.02 Å². The van der Waals surface area contributed by atoms with Crippen LogP contribution in [0.5, 0.6) is 0 Å². The predicted octanol–water partition coefficient (Wildman–Crippen LogP) is 3.33. The first kappa shape index (κ1) is 18.8. The van der Waals surface area contributed by atoms with Gasteiger partial charge in [-0.25, -0.2) is 4.79 Å². The van der Waals surface area contributed by atoms with Gasteiger partial charge in [0.15, 0.2) is 6.61 Å². The fourth-order valence-electron chi connectivity index (χ4n) is 3.89. The maximum absolute atomic E-state index is 12.4. The first-order chi connectivity index (χ1) is 13.6. The smallest absolute Gasteiger partial charge is 0.338 e. The number of piperazine rings is 1. The molecule has 1 heterocycles. The van der Waals surface area contributed by atoms with Crippen molar-refractivity contribution in [2.75, 3.05) is 37.7 Å². The van der Waals surface area contributed by atoms with Crippen molar-refractivity contribution in [3.63, 3.8) is 0 Å². The third-order valence-electron chi connectivity index (χ3n) is 5.47. The number of ether oxygens (including phenoxy) is 1. The third-order valence-corrected chi connectivity index (χ3v) is 5.70. The summed E-state index contributed by atoms with van der Waals surface area (Å²) in [4.78, 5) is 28.7. The standard InChI is InChI=1S/C22H23ClN2O3/c23-19-5-2-6-20(14-19)24-9-11-25(12-10-24)21(26)15-28-22(27)18-8-7-16-3-1-4-17(16)13-18/h2,5-8,13-14H,1,3-4,9-12,15H2. The maximum Gasteiger partial charge on any atom is 0.338 e. The van der Waals surface area contributed by atoms with Gasteiger partial charge in [0.25, 0.3) is 5.91 Å². The molecule has 0 bridgehead atoms. The Hall–Kier alpha value is -2.53. The van der Waals surface area contributed by atoms with Crippen LogP contribution in [0.4, 0.5) is 5.69 Å². The number of hydrogen-bond acceptors (Lipinski definition) is 4. The molecule has 1 amide bonds. The molecule has 6 heteroatoms. The summed E-state index contributed by atoms with van der Waals surface area (Å²) in [6.07, 6.45) is 3.21. The molecule has 4 rings (SSSR count). The van der Waals surface area contributed by atoms with Crippen LogP contribution in [-0.4, -0.2) is 49.6 Å². The number of nitrogens with zero attached hydrogens (tertiary/aromatic N) is 2. The van der Waals surface area contributed by atoms with E-state index in [0.29, 0.717) is 23.7 Å². The zero-order valence-electron chi connectivity index (χ0n) is 15.7. The highest BCUT2D eigenvalue weighted by Gasteiger charge is 2.23. The second-order valence-corrected chi connectivity index (χ2v) is 7.70. The molecule has 0 N–H and O–H groups in total. The van der Waals surface area contributed by atoms with Gasteiger partial charge in [-0.15, -0.1) is 0 Å². The van der Waals surface area contributed by atoms with E-state index in [1.807, 2.05) is 36.4 Å². The SMILES string of the molecule is O=C(OCC(=O)N1CCN(c2cccc(Cl)c2)CC1)c1ccc2c(c1)CCC2. The molecule has 0 atom stereocenters. The number of aryl methyl sites for hydroxylation is 2. The van der Waals surface area contributed by atoms with Crippen molar-refractivity contribution in [1.29, 1.82) is 0 Å². The number of fused-ring (bicyclic) bond motifs is 1. The Morgan fingerprint density at radius 1 is 0.964 bits per heavy atom. The second-order valence-electron chi connectivity index (χ2n) is 7.26. The van der Waals surface area contributed by atoms with Crippen LogP contribution in [0, 0.1) is 0 Å². The number of halogens is 1. The Labute approximate surface area is 169 Å². The van der Waals surface area contributed by atoms with Gasteiger partial charge in [-0.05, 0) is 60.7 Å². The number of hydrogen-bond donors (Lipinski definition) is 0. The number of carbonyl (C=O) groups is 2. The van der Waals surface area contributed by atoms with Crippen molar-refractivity contribution in [2.24, 2.45) is 0 Å². The Balaban J connectivity index is 1.27. The number of esters is 1. The molecular weight excluding hydrogens is 376 g/mol. The molecule has 1 aliphatic heterocycles. The van der Waals surface area contributed by atoms with E-state index in [9.17, 15) is 9.59 Å². The minimum Gasteiger partial charge on any atom is -0.452 e. The molecule has 0 unspecified atom stereocenters. The minimum atomic E-state index is -0.430. The highest BCUT2D eigenvalue weighted by atomic mass is 35.5. The second kappa shape index (κ2) is 8.23. The highest BCUT2D eigenvalue weighted by molar-refractivity contribution is 6.30. The summed E-state index contributed by atoms with van der Waals surface area (Å²) in [6, 6.07) is 13.4. The molecule has 2 aromatic rings. The van der Waals surface area contributed by atoms with Crippen LogP contribution in [0.15, 0.2) is 42.5 Å². The summed E-state index contributed by atoms with van der Waals surface area (Å²) in [5.74, 6) is -0.583. The molecule has 0 aromatic heterocycles. The molecule has 28 heavy (non-hydrogen) atoms. The van der Waals surface area contributed by atoms with Crippen LogP contribution >= 0.6 is 11.6 Å². The van der Waals surface area contributed by atoms with E-state index in [1.165, 1.54) is 11.1 Å². The summed E-state index contributed by atoms with van der Waals surface area (Å²) in [6.45, 7) is 2.44. The zero-order valence-corrected chi connectivity index (χ0v) is 16.5. The molecular formula is C22H23ClN2O3. The molecule has 0 saturated carbocycles. The molecule has 1 fully saturated rings. The first-order valence-electron chi connectivity index (χ1n) is 9.67. The van der Waals surface area contributed by atoms with Crippen LogP contribution < -0.4 is 4.90 Å². The van der Waals surface area contributed by atoms with Crippen molar-refractivity contribution in [3.8, 4) is 0 Å². The Morgan fingerprint density at radius 2 is 1.75 bits per heavy atom. The maximum atomic E-state index is 12.4. The molecule has 2 aliphatic rings. The topological polar surface area (TPSA) is 49.9 Å². The van der Waals surface area contributed by atoms with E-state index in [0.717, 1.165) is 38.0 Å². The van der Waals surface area contributed by atoms with E-state index < -0.39 is 5.97 Å². The fourth-order valence-corrected chi connectivity index (χ4v) is 4.07. The first-order valence-corrected chi connectivity index (χ1v) is 10.1. The summed E-state index contributed by atoms with van der Waals surface area (Å²) < 4.78 is 5.27. The Kier molecular flexibility index (Phi) is 5.53. The van der Waals surface area contributed by atoms with Gasteiger partial charge < -0.3 is 14.5 Å². The van der Waals surface area contributed by atoms with E-state index >= 15 is 0 Å². The molecule has 5 nitrogen and oxygen atoms in total. The van der Waals surface area contributed by atoms with Crippen LogP contribution in [0.25, 0.3) is 0 Å². The van der Waals surface area contributed by atoms with Gasteiger partial charge in [0.2, 0.25) is 0 Å². The van der Waals surface area contributed by atoms with E-state index in [-0.39, 0.29) is 12.5 Å². The Morgan fingerprint density at radius 3 is 2.54 bits per heavy atom. The van der Waals surface area contributed by atoms with Crippen LogP contribution in [0.1, 0.15) is 27.9 Å². The lowest BCUT2D eigenvalue weighted by Gasteiger charge is -2.36. The van der Waals surface area contributed by atoms with Crippen molar-refractivity contribution >= 4 is 29.2 Å². The van der Waals surface area contributed by atoms with Gasteiger partial charge in [0.05, 0.1) is 5.56 Å². The molecule has 1 aliphatic carbocycles. The zero-order chi connectivity index (χ0) is 19.5. The average Bonchev–Trinajstić information content (AvgIpc) is 3.20. The number of anilines is 1. The Bertz CT molecular complexity index is 891. The van der Waals surface area contributed by atoms with E-state index in [4.69, 9.17) is 16.3 Å². The molecule has 146 valence electrons. The quantitative estimate of drug-likeness (QED) is 0.741. The van der Waals surface area contributed by atoms with E-state index in [1.54, 1.807) is 11.0 Å². The van der Waals surface area contributed by atoms with Crippen LogP contribution in [-0.2, 0) is 22.4 Å². The minimum absolute atomic E-state index is 0.153. The van der Waals surface area contributed by atoms with Gasteiger partial charge in [0.1, 0.15) is 0 Å². The predicted molar refractivity (Wildman–Crippen MR) is 109 cm³/mol. The number of benzene rings is 2. The fraction of sp³-hybridized carbons (Fsp3) is 0.364. The number of carbonyl (C=O) groups excluding carboxylic acids is 2. The lowest BCUT2D eigenvalue weighted by Crippen LogP contribution is -2.49. The van der Waals surface area contributed by atoms with E-state index in [2.05, 4.69) is 4.90 Å². The van der Waals surface area contributed by atoms with Crippen LogP contribution in [0.3, 0.4) is 0 Å². The van der Waals surface area contributed by atoms with Crippen molar-refractivity contribution in [3.05, 3.63) is 64.2 Å². The van der Waals surface area contributed by atoms with Crippen molar-refractivity contribution in [2.45, 2.75) is 19.3 Å². The summed E-state index contributed by atoms with van der Waals surface area (Å²) in [5.41, 5.74) is 4.12. The number of rotatable bonds is 4. The summed E-state index contributed by atoms with van der Waals surface area (Å²) in [7, 11) is 0. The van der Waals surface area contributed by atoms with Crippen molar-refractivity contribution < 1.29 is 14.3 Å². The molecule has 1 saturated heterocycles. The van der Waals surface area contributed by atoms with Gasteiger partial charge in [0, 0.05) is 36.9 Å². The lowest BCUT2D eigenvalue weighted by molar-refractivity contribution is -0.134. The molecule has 2 aromatic carbocycles.